The molecule has 0 aromatic heterocycles. The number of benzene rings is 1. The van der Waals surface area contributed by atoms with E-state index in [9.17, 15) is 14.7 Å². The molecule has 86 valence electrons. The lowest BCUT2D eigenvalue weighted by atomic mass is 10.1. The fraction of sp³-hybridized carbons (Fsp3) is 0.333. The average Bonchev–Trinajstić information content (AvgIpc) is 2.29. The summed E-state index contributed by atoms with van der Waals surface area (Å²) in [5.41, 5.74) is 0.449. The highest BCUT2D eigenvalue weighted by Crippen LogP contribution is 2.01. The van der Waals surface area contributed by atoms with Crippen LogP contribution in [-0.4, -0.2) is 17.9 Å². The van der Waals surface area contributed by atoms with Crippen LogP contribution < -0.4 is 10.4 Å². The van der Waals surface area contributed by atoms with E-state index < -0.39 is 12.0 Å². The number of amides is 1. The molecule has 1 aromatic carbocycles. The van der Waals surface area contributed by atoms with Gasteiger partial charge in [0.15, 0.2) is 0 Å². The minimum absolute atomic E-state index is 0.376. The van der Waals surface area contributed by atoms with Crippen molar-refractivity contribution < 1.29 is 14.7 Å². The van der Waals surface area contributed by atoms with Gasteiger partial charge in [-0.05, 0) is 18.6 Å². The van der Waals surface area contributed by atoms with Crippen LogP contribution in [0.3, 0.4) is 0 Å². The Bertz CT molecular complexity index is 362. The number of aliphatic carboxylic acids is 1. The van der Waals surface area contributed by atoms with Crippen LogP contribution in [0.4, 0.5) is 0 Å². The molecule has 0 aliphatic rings. The molecular formula is C12H14NO3-. The molecule has 1 rings (SSSR count). The Hall–Kier alpha value is -1.84. The second-order valence-corrected chi connectivity index (χ2v) is 3.50. The van der Waals surface area contributed by atoms with Gasteiger partial charge in [-0.15, -0.1) is 0 Å². The third kappa shape index (κ3) is 3.38. The first-order chi connectivity index (χ1) is 7.65. The number of hydrogen-bond donors (Lipinski definition) is 1. The normalized spacial score (nSPS) is 11.8. The van der Waals surface area contributed by atoms with E-state index in [0.717, 1.165) is 0 Å². The Kier molecular flexibility index (Phi) is 4.51. The Morgan fingerprint density at radius 3 is 2.44 bits per heavy atom. The van der Waals surface area contributed by atoms with Crippen molar-refractivity contribution in [3.8, 4) is 0 Å². The maximum absolute atomic E-state index is 11.6. The van der Waals surface area contributed by atoms with Crippen LogP contribution in [0.15, 0.2) is 30.3 Å². The zero-order valence-electron chi connectivity index (χ0n) is 9.10. The summed E-state index contributed by atoms with van der Waals surface area (Å²) in [7, 11) is 0. The number of carbonyl (C=O) groups excluding carboxylic acids is 2. The van der Waals surface area contributed by atoms with Crippen molar-refractivity contribution in [3.05, 3.63) is 35.9 Å². The monoisotopic (exact) mass is 220 g/mol. The number of carboxylic acid groups (broad SMARTS) is 1. The Labute approximate surface area is 94.3 Å². The summed E-state index contributed by atoms with van der Waals surface area (Å²) in [5.74, 6) is -1.63. The Morgan fingerprint density at radius 2 is 1.94 bits per heavy atom. The fourth-order valence-corrected chi connectivity index (χ4v) is 1.37. The van der Waals surface area contributed by atoms with Crippen LogP contribution >= 0.6 is 0 Å². The van der Waals surface area contributed by atoms with Gasteiger partial charge in [0.2, 0.25) is 0 Å². The molecule has 0 aliphatic heterocycles. The maximum atomic E-state index is 11.6. The minimum atomic E-state index is -1.24. The van der Waals surface area contributed by atoms with Crippen LogP contribution in [0.5, 0.6) is 0 Å². The lowest BCUT2D eigenvalue weighted by Crippen LogP contribution is -2.47. The predicted octanol–water partition coefficient (Wildman–Crippen LogP) is 0.335. The second kappa shape index (κ2) is 5.90. The highest BCUT2D eigenvalue weighted by atomic mass is 16.4. The van der Waals surface area contributed by atoms with E-state index in [1.54, 1.807) is 30.3 Å². The van der Waals surface area contributed by atoms with Gasteiger partial charge in [-0.25, -0.2) is 0 Å². The summed E-state index contributed by atoms with van der Waals surface area (Å²) >= 11 is 0. The van der Waals surface area contributed by atoms with Crippen molar-refractivity contribution >= 4 is 11.9 Å². The average molecular weight is 220 g/mol. The largest absolute Gasteiger partial charge is 0.548 e. The van der Waals surface area contributed by atoms with Crippen molar-refractivity contribution in [1.82, 2.24) is 5.32 Å². The van der Waals surface area contributed by atoms with Crippen molar-refractivity contribution in [3.63, 3.8) is 0 Å². The van der Waals surface area contributed by atoms with Crippen LogP contribution in [0, 0.1) is 0 Å². The predicted molar refractivity (Wildman–Crippen MR) is 57.6 cm³/mol. The molecule has 0 bridgehead atoms. The molecule has 0 unspecified atom stereocenters. The molecule has 0 spiro atoms. The van der Waals surface area contributed by atoms with E-state index in [4.69, 9.17) is 0 Å². The number of nitrogens with one attached hydrogen (secondary N) is 1. The molecule has 0 heterocycles. The van der Waals surface area contributed by atoms with Gasteiger partial charge in [-0.1, -0.05) is 31.5 Å². The summed E-state index contributed by atoms with van der Waals surface area (Å²) < 4.78 is 0. The first-order valence-electron chi connectivity index (χ1n) is 5.22. The van der Waals surface area contributed by atoms with Gasteiger partial charge in [0, 0.05) is 5.56 Å². The minimum Gasteiger partial charge on any atom is -0.548 e. The van der Waals surface area contributed by atoms with Crippen LogP contribution in [-0.2, 0) is 4.79 Å². The van der Waals surface area contributed by atoms with Gasteiger partial charge in [0.25, 0.3) is 5.91 Å². The summed E-state index contributed by atoms with van der Waals surface area (Å²) in [6.45, 7) is 1.85. The Morgan fingerprint density at radius 1 is 1.31 bits per heavy atom. The zero-order valence-corrected chi connectivity index (χ0v) is 9.10. The lowest BCUT2D eigenvalue weighted by Gasteiger charge is -2.18. The van der Waals surface area contributed by atoms with Crippen LogP contribution in [0.2, 0.25) is 0 Å². The van der Waals surface area contributed by atoms with Crippen molar-refractivity contribution in [1.29, 1.82) is 0 Å². The molecule has 1 atom stereocenters. The van der Waals surface area contributed by atoms with Crippen molar-refractivity contribution in [2.75, 3.05) is 0 Å². The molecule has 1 N–H and O–H groups in total. The standard InChI is InChI=1S/C12H15NO3/c1-2-6-10(12(15)16)13-11(14)9-7-4-3-5-8-9/h3-5,7-8,10H,2,6H2,1H3,(H,13,14)(H,15,16)/p-1/t10-/m1/s1. The van der Waals surface area contributed by atoms with Gasteiger partial charge >= 0.3 is 0 Å². The molecule has 1 aromatic rings. The van der Waals surface area contributed by atoms with Crippen molar-refractivity contribution in [2.45, 2.75) is 25.8 Å². The molecule has 0 saturated carbocycles. The number of carbonyl (C=O) groups is 2. The summed E-state index contributed by atoms with van der Waals surface area (Å²) in [6, 6.07) is 7.59. The third-order valence-electron chi connectivity index (χ3n) is 2.20. The SMILES string of the molecule is CCC[C@@H](NC(=O)c1ccccc1)C(=O)[O-]. The molecule has 0 saturated heterocycles. The first kappa shape index (κ1) is 12.2. The smallest absolute Gasteiger partial charge is 0.251 e. The van der Waals surface area contributed by atoms with Gasteiger partial charge in [-0.3, -0.25) is 4.79 Å². The van der Waals surface area contributed by atoms with Gasteiger partial charge < -0.3 is 15.2 Å². The number of hydrogen-bond acceptors (Lipinski definition) is 3. The summed E-state index contributed by atoms with van der Waals surface area (Å²) in [4.78, 5) is 22.4. The van der Waals surface area contributed by atoms with E-state index >= 15 is 0 Å². The molecule has 0 aliphatic carbocycles. The highest BCUT2D eigenvalue weighted by Gasteiger charge is 2.13. The van der Waals surface area contributed by atoms with E-state index in [1.165, 1.54) is 0 Å². The van der Waals surface area contributed by atoms with E-state index in [-0.39, 0.29) is 5.91 Å². The fourth-order valence-electron chi connectivity index (χ4n) is 1.37. The second-order valence-electron chi connectivity index (χ2n) is 3.50. The van der Waals surface area contributed by atoms with Crippen LogP contribution in [0.25, 0.3) is 0 Å². The molecule has 1 amide bonds. The lowest BCUT2D eigenvalue weighted by molar-refractivity contribution is -0.308. The first-order valence-corrected chi connectivity index (χ1v) is 5.22. The molecule has 4 heteroatoms. The van der Waals surface area contributed by atoms with E-state index in [0.29, 0.717) is 18.4 Å². The van der Waals surface area contributed by atoms with Crippen LogP contribution in [0.1, 0.15) is 30.1 Å². The van der Waals surface area contributed by atoms with E-state index in [2.05, 4.69) is 5.32 Å². The Balaban J connectivity index is 2.65. The van der Waals surface area contributed by atoms with Crippen molar-refractivity contribution in [2.24, 2.45) is 0 Å². The highest BCUT2D eigenvalue weighted by molar-refractivity contribution is 5.96. The topological polar surface area (TPSA) is 69.2 Å². The van der Waals surface area contributed by atoms with E-state index in [1.807, 2.05) is 6.92 Å². The van der Waals surface area contributed by atoms with Gasteiger partial charge in [-0.2, -0.15) is 0 Å². The quantitative estimate of drug-likeness (QED) is 0.777. The molecule has 0 radical (unpaired) electrons. The zero-order chi connectivity index (χ0) is 12.0. The molecule has 16 heavy (non-hydrogen) atoms. The molecular weight excluding hydrogens is 206 g/mol. The molecule has 0 fully saturated rings. The number of carboxylic acids is 1. The summed E-state index contributed by atoms with van der Waals surface area (Å²) in [5, 5.41) is 13.2. The maximum Gasteiger partial charge on any atom is 0.251 e. The molecule has 4 nitrogen and oxygen atoms in total. The van der Waals surface area contributed by atoms with Gasteiger partial charge in [0.05, 0.1) is 12.0 Å². The summed E-state index contributed by atoms with van der Waals surface area (Å²) in [6.07, 6.45) is 1.05. The van der Waals surface area contributed by atoms with Gasteiger partial charge in [0.1, 0.15) is 0 Å². The third-order valence-corrected chi connectivity index (χ3v) is 2.20. The number of rotatable bonds is 5.